The van der Waals surface area contributed by atoms with E-state index in [0.29, 0.717) is 22.4 Å². The van der Waals surface area contributed by atoms with Crippen LogP contribution in [0.5, 0.6) is 0 Å². The van der Waals surface area contributed by atoms with Crippen LogP contribution in [0.15, 0.2) is 29.2 Å². The Balaban J connectivity index is 2.74. The van der Waals surface area contributed by atoms with Crippen LogP contribution in [-0.4, -0.2) is 11.3 Å². The summed E-state index contributed by atoms with van der Waals surface area (Å²) in [6.45, 7) is 0. The maximum Gasteiger partial charge on any atom is 0.166 e. The molecule has 13 heavy (non-hydrogen) atoms. The minimum atomic E-state index is 0.175. The molecular formula is C9H6FNOS. The molecule has 4 heteroatoms. The molecule has 0 fully saturated rings. The number of rotatable bonds is 2. The van der Waals surface area contributed by atoms with Gasteiger partial charge in [-0.1, -0.05) is 12.1 Å². The van der Waals surface area contributed by atoms with E-state index in [9.17, 15) is 8.68 Å². The van der Waals surface area contributed by atoms with Gasteiger partial charge in [-0.25, -0.2) is 0 Å². The van der Waals surface area contributed by atoms with Gasteiger partial charge in [-0.15, -0.1) is 0 Å². The molecule has 1 N–H and O–H groups in total. The first-order valence-corrected chi connectivity index (χ1v) is 4.42. The van der Waals surface area contributed by atoms with Crippen molar-refractivity contribution in [2.75, 3.05) is 0 Å². The maximum atomic E-state index is 12.4. The molecule has 2 nitrogen and oxygen atoms in total. The lowest BCUT2D eigenvalue weighted by molar-refractivity contribution is 0.112. The lowest BCUT2D eigenvalue weighted by atomic mass is 10.2. The average Bonchev–Trinajstić information content (AvgIpc) is 2.59. The summed E-state index contributed by atoms with van der Waals surface area (Å²) in [6, 6.07) is 6.95. The van der Waals surface area contributed by atoms with Gasteiger partial charge in [0.1, 0.15) is 0 Å². The van der Waals surface area contributed by atoms with E-state index in [0.717, 1.165) is 5.39 Å². The maximum absolute atomic E-state index is 12.4. The predicted octanol–water partition coefficient (Wildman–Crippen LogP) is 2.96. The molecule has 0 saturated heterocycles. The number of para-hydroxylation sites is 1. The summed E-state index contributed by atoms with van der Waals surface area (Å²) in [6.07, 6.45) is 0.715. The third kappa shape index (κ3) is 1.33. The Bertz CT molecular complexity index is 452. The Hall–Kier alpha value is -1.29. The van der Waals surface area contributed by atoms with Crippen molar-refractivity contribution in [2.24, 2.45) is 0 Å². The summed E-state index contributed by atoms with van der Waals surface area (Å²) in [7, 11) is 0. The quantitative estimate of drug-likeness (QED) is 0.747. The van der Waals surface area contributed by atoms with E-state index in [-0.39, 0.29) is 12.1 Å². The lowest BCUT2D eigenvalue weighted by Crippen LogP contribution is -1.76. The SMILES string of the molecule is O=Cc1cc2cccc(SF)c2[nH]1. The molecule has 0 spiro atoms. The summed E-state index contributed by atoms with van der Waals surface area (Å²) >= 11 is 0.175. The number of carbonyl (C=O) groups is 1. The fourth-order valence-corrected chi connectivity index (χ4v) is 1.65. The van der Waals surface area contributed by atoms with E-state index >= 15 is 0 Å². The fraction of sp³-hybridized carbons (Fsp3) is 0. The van der Waals surface area contributed by atoms with E-state index in [1.807, 2.05) is 6.07 Å². The normalized spacial score (nSPS) is 10.5. The van der Waals surface area contributed by atoms with Gasteiger partial charge in [0.15, 0.2) is 6.29 Å². The molecule has 1 aromatic carbocycles. The molecule has 0 amide bonds. The van der Waals surface area contributed by atoms with Crippen molar-refractivity contribution in [3.63, 3.8) is 0 Å². The lowest BCUT2D eigenvalue weighted by Gasteiger charge is -1.93. The van der Waals surface area contributed by atoms with Gasteiger partial charge in [0.05, 0.1) is 28.3 Å². The van der Waals surface area contributed by atoms with Gasteiger partial charge in [0, 0.05) is 5.39 Å². The van der Waals surface area contributed by atoms with Gasteiger partial charge < -0.3 is 4.98 Å². The van der Waals surface area contributed by atoms with Crippen molar-refractivity contribution in [3.8, 4) is 0 Å². The van der Waals surface area contributed by atoms with E-state index < -0.39 is 0 Å². The Morgan fingerprint density at radius 3 is 3.00 bits per heavy atom. The molecule has 0 unspecified atom stereocenters. The molecule has 0 radical (unpaired) electrons. The van der Waals surface area contributed by atoms with E-state index in [1.165, 1.54) is 0 Å². The number of aldehydes is 1. The van der Waals surface area contributed by atoms with E-state index in [1.54, 1.807) is 18.2 Å². The molecule has 2 rings (SSSR count). The van der Waals surface area contributed by atoms with Crippen LogP contribution in [0.25, 0.3) is 10.9 Å². The second kappa shape index (κ2) is 3.22. The van der Waals surface area contributed by atoms with Gasteiger partial charge in [0.25, 0.3) is 0 Å². The molecular weight excluding hydrogens is 189 g/mol. The van der Waals surface area contributed by atoms with Crippen molar-refractivity contribution in [1.82, 2.24) is 4.98 Å². The number of benzene rings is 1. The van der Waals surface area contributed by atoms with Crippen LogP contribution in [0.3, 0.4) is 0 Å². The number of hydrogen-bond donors (Lipinski definition) is 1. The van der Waals surface area contributed by atoms with Gasteiger partial charge in [-0.3, -0.25) is 4.79 Å². The molecule has 2 aromatic rings. The van der Waals surface area contributed by atoms with Gasteiger partial charge in [0.2, 0.25) is 0 Å². The molecule has 1 heterocycles. The Morgan fingerprint density at radius 2 is 2.31 bits per heavy atom. The standard InChI is InChI=1S/C9H6FNOS/c10-13-8-3-1-2-6-4-7(5-12)11-9(6)8/h1-5,11H. The molecule has 0 aliphatic rings. The van der Waals surface area contributed by atoms with Crippen molar-refractivity contribution in [3.05, 3.63) is 30.0 Å². The fourth-order valence-electron chi connectivity index (χ4n) is 1.28. The largest absolute Gasteiger partial charge is 0.351 e. The van der Waals surface area contributed by atoms with E-state index in [2.05, 4.69) is 4.98 Å². The summed E-state index contributed by atoms with van der Waals surface area (Å²) in [4.78, 5) is 13.8. The average molecular weight is 195 g/mol. The minimum absolute atomic E-state index is 0.175. The van der Waals surface area contributed by atoms with Crippen LogP contribution in [0.2, 0.25) is 0 Å². The third-order valence-electron chi connectivity index (χ3n) is 1.85. The highest BCUT2D eigenvalue weighted by Crippen LogP contribution is 2.27. The first kappa shape index (κ1) is 8.31. The monoisotopic (exact) mass is 195 g/mol. The van der Waals surface area contributed by atoms with E-state index in [4.69, 9.17) is 0 Å². The second-order valence-electron chi connectivity index (χ2n) is 2.64. The number of halogens is 1. The van der Waals surface area contributed by atoms with Crippen LogP contribution >= 0.6 is 12.1 Å². The predicted molar refractivity (Wildman–Crippen MR) is 50.7 cm³/mol. The van der Waals surface area contributed by atoms with Crippen LogP contribution in [0.4, 0.5) is 3.89 Å². The minimum Gasteiger partial charge on any atom is -0.351 e. The summed E-state index contributed by atoms with van der Waals surface area (Å²) in [5.74, 6) is 0. The number of hydrogen-bond acceptors (Lipinski definition) is 2. The number of aromatic amines is 1. The first-order valence-electron chi connectivity index (χ1n) is 3.70. The van der Waals surface area contributed by atoms with Gasteiger partial charge in [-0.2, -0.15) is 3.89 Å². The molecule has 0 bridgehead atoms. The van der Waals surface area contributed by atoms with Gasteiger partial charge in [-0.05, 0) is 12.1 Å². The number of H-pyrrole nitrogens is 1. The van der Waals surface area contributed by atoms with Crippen molar-refractivity contribution < 1.29 is 8.68 Å². The molecule has 0 atom stereocenters. The first-order chi connectivity index (χ1) is 6.35. The number of fused-ring (bicyclic) bond motifs is 1. The number of nitrogens with one attached hydrogen (secondary N) is 1. The molecule has 66 valence electrons. The molecule has 1 aromatic heterocycles. The zero-order valence-corrected chi connectivity index (χ0v) is 7.40. The Kier molecular flexibility index (Phi) is 2.06. The van der Waals surface area contributed by atoms with Crippen molar-refractivity contribution in [2.45, 2.75) is 4.90 Å². The third-order valence-corrected chi connectivity index (χ3v) is 2.36. The number of aromatic nitrogens is 1. The van der Waals surface area contributed by atoms with Crippen LogP contribution in [0.1, 0.15) is 10.5 Å². The smallest absolute Gasteiger partial charge is 0.166 e. The molecule has 0 aliphatic heterocycles. The van der Waals surface area contributed by atoms with Crippen LogP contribution < -0.4 is 0 Å². The summed E-state index contributed by atoms with van der Waals surface area (Å²) < 4.78 is 12.4. The van der Waals surface area contributed by atoms with Crippen molar-refractivity contribution in [1.29, 1.82) is 0 Å². The zero-order chi connectivity index (χ0) is 9.26. The Morgan fingerprint density at radius 1 is 1.46 bits per heavy atom. The molecule has 0 aliphatic carbocycles. The van der Waals surface area contributed by atoms with Gasteiger partial charge >= 0.3 is 0 Å². The highest BCUT2D eigenvalue weighted by Gasteiger charge is 2.04. The van der Waals surface area contributed by atoms with Crippen molar-refractivity contribution >= 4 is 29.3 Å². The highest BCUT2D eigenvalue weighted by atomic mass is 32.2. The molecule has 0 saturated carbocycles. The second-order valence-corrected chi connectivity index (χ2v) is 3.23. The highest BCUT2D eigenvalue weighted by molar-refractivity contribution is 7.94. The Labute approximate surface area is 78.4 Å². The topological polar surface area (TPSA) is 32.9 Å². The van der Waals surface area contributed by atoms with Crippen LogP contribution in [-0.2, 0) is 0 Å². The summed E-state index contributed by atoms with van der Waals surface area (Å²) in [5.41, 5.74) is 1.15. The summed E-state index contributed by atoms with van der Waals surface area (Å²) in [5, 5.41) is 0.852. The van der Waals surface area contributed by atoms with Crippen LogP contribution in [0, 0.1) is 0 Å². The zero-order valence-electron chi connectivity index (χ0n) is 6.58. The number of carbonyl (C=O) groups excluding carboxylic acids is 1.